The number of amides is 2. The van der Waals surface area contributed by atoms with Crippen LogP contribution >= 0.6 is 0 Å². The molecule has 2 saturated heterocycles. The second kappa shape index (κ2) is 8.54. The summed E-state index contributed by atoms with van der Waals surface area (Å²) in [7, 11) is -3.69. The first kappa shape index (κ1) is 22.3. The smallest absolute Gasteiger partial charge is 0.243 e. The van der Waals surface area contributed by atoms with E-state index in [1.54, 1.807) is 23.1 Å². The Kier molecular flexibility index (Phi) is 6.14. The Morgan fingerprint density at radius 3 is 2.42 bits per heavy atom. The molecule has 0 N–H and O–H groups in total. The highest BCUT2D eigenvalue weighted by molar-refractivity contribution is 7.89. The van der Waals surface area contributed by atoms with Gasteiger partial charge in [-0.15, -0.1) is 0 Å². The Bertz CT molecular complexity index is 969. The van der Waals surface area contributed by atoms with Gasteiger partial charge in [0.25, 0.3) is 0 Å². The molecule has 170 valence electrons. The molecule has 0 spiro atoms. The maximum absolute atomic E-state index is 13.4. The van der Waals surface area contributed by atoms with E-state index < -0.39 is 10.0 Å². The standard InChI is InChI=1S/C23H33N3O4S/c1-16-8-11-24(12-9-16)23(28)19-5-4-10-25(15-19)31(29,30)21-6-7-22-20(14-21)13-17(2)26(22)18(3)27/h6-7,14,16-17,19H,4-5,8-13,15H2,1-3H3/t17-,19-/m1/s1. The lowest BCUT2D eigenvalue weighted by Crippen LogP contribution is -2.48. The predicted octanol–water partition coefficient (Wildman–Crippen LogP) is 2.64. The number of piperidine rings is 2. The van der Waals surface area contributed by atoms with Crippen molar-refractivity contribution in [1.29, 1.82) is 0 Å². The van der Waals surface area contributed by atoms with Crippen LogP contribution in [-0.2, 0) is 26.0 Å². The number of anilines is 1. The average Bonchev–Trinajstić information content (AvgIpc) is 3.09. The zero-order chi connectivity index (χ0) is 22.3. The molecule has 3 aliphatic heterocycles. The van der Waals surface area contributed by atoms with Crippen LogP contribution in [0.25, 0.3) is 0 Å². The molecule has 2 fully saturated rings. The van der Waals surface area contributed by atoms with Crippen LogP contribution in [0.4, 0.5) is 5.69 Å². The molecule has 2 amide bonds. The Hall–Kier alpha value is -1.93. The van der Waals surface area contributed by atoms with E-state index in [1.165, 1.54) is 11.2 Å². The van der Waals surface area contributed by atoms with Gasteiger partial charge in [0.05, 0.1) is 10.8 Å². The summed E-state index contributed by atoms with van der Waals surface area (Å²) >= 11 is 0. The maximum Gasteiger partial charge on any atom is 0.243 e. The first-order chi connectivity index (χ1) is 14.7. The molecule has 8 heteroatoms. The minimum absolute atomic E-state index is 0.0229. The van der Waals surface area contributed by atoms with Crippen LogP contribution in [-0.4, -0.2) is 61.7 Å². The number of benzene rings is 1. The van der Waals surface area contributed by atoms with Crippen molar-refractivity contribution >= 4 is 27.5 Å². The topological polar surface area (TPSA) is 78.0 Å². The average molecular weight is 448 g/mol. The maximum atomic E-state index is 13.4. The Morgan fingerprint density at radius 1 is 1.03 bits per heavy atom. The Labute approximate surface area is 185 Å². The predicted molar refractivity (Wildman–Crippen MR) is 119 cm³/mol. The Morgan fingerprint density at radius 2 is 1.74 bits per heavy atom. The van der Waals surface area contributed by atoms with E-state index in [-0.39, 0.29) is 35.2 Å². The molecule has 0 aliphatic carbocycles. The van der Waals surface area contributed by atoms with Gasteiger partial charge >= 0.3 is 0 Å². The van der Waals surface area contributed by atoms with Crippen LogP contribution in [0.1, 0.15) is 52.0 Å². The number of fused-ring (bicyclic) bond motifs is 1. The fourth-order valence-corrected chi connectivity index (χ4v) is 6.82. The third kappa shape index (κ3) is 4.24. The summed E-state index contributed by atoms with van der Waals surface area (Å²) in [6.07, 6.45) is 4.12. The summed E-state index contributed by atoms with van der Waals surface area (Å²) in [5.41, 5.74) is 1.68. The van der Waals surface area contributed by atoms with Crippen molar-refractivity contribution in [3.8, 4) is 0 Å². The fraction of sp³-hybridized carbons (Fsp3) is 0.652. The summed E-state index contributed by atoms with van der Waals surface area (Å²) in [4.78, 5) is 28.9. The molecule has 1 aromatic carbocycles. The minimum Gasteiger partial charge on any atom is -0.342 e. The number of carbonyl (C=O) groups is 2. The lowest BCUT2D eigenvalue weighted by molar-refractivity contribution is -0.138. The first-order valence-corrected chi connectivity index (χ1v) is 12.8. The summed E-state index contributed by atoms with van der Waals surface area (Å²) < 4.78 is 28.3. The number of rotatable bonds is 3. The number of carbonyl (C=O) groups excluding carboxylic acids is 2. The number of sulfonamides is 1. The van der Waals surface area contributed by atoms with Crippen molar-refractivity contribution < 1.29 is 18.0 Å². The van der Waals surface area contributed by atoms with Gasteiger partial charge < -0.3 is 9.80 Å². The van der Waals surface area contributed by atoms with Crippen LogP contribution in [0.2, 0.25) is 0 Å². The van der Waals surface area contributed by atoms with Crippen LogP contribution in [0.5, 0.6) is 0 Å². The molecule has 31 heavy (non-hydrogen) atoms. The molecule has 1 aromatic rings. The van der Waals surface area contributed by atoms with E-state index in [2.05, 4.69) is 6.92 Å². The van der Waals surface area contributed by atoms with Crippen LogP contribution in [0.3, 0.4) is 0 Å². The molecule has 2 atom stereocenters. The molecular weight excluding hydrogens is 414 g/mol. The highest BCUT2D eigenvalue weighted by Gasteiger charge is 2.37. The molecule has 7 nitrogen and oxygen atoms in total. The van der Waals surface area contributed by atoms with Gasteiger partial charge in [-0.05, 0) is 68.7 Å². The second-order valence-electron chi connectivity index (χ2n) is 9.44. The summed E-state index contributed by atoms with van der Waals surface area (Å²) in [5.74, 6) is 0.450. The van der Waals surface area contributed by atoms with Crippen molar-refractivity contribution in [3.63, 3.8) is 0 Å². The Balaban J connectivity index is 1.51. The molecular formula is C23H33N3O4S. The number of nitrogens with zero attached hydrogens (tertiary/aromatic N) is 3. The van der Waals surface area contributed by atoms with Crippen LogP contribution < -0.4 is 4.90 Å². The summed E-state index contributed by atoms with van der Waals surface area (Å²) in [6.45, 7) is 7.96. The lowest BCUT2D eigenvalue weighted by atomic mass is 9.94. The third-order valence-corrected chi connectivity index (χ3v) is 8.93. The molecule has 0 radical (unpaired) electrons. The van der Waals surface area contributed by atoms with E-state index in [0.717, 1.165) is 43.6 Å². The van der Waals surface area contributed by atoms with Gasteiger partial charge in [-0.2, -0.15) is 4.31 Å². The van der Waals surface area contributed by atoms with Gasteiger partial charge in [0.1, 0.15) is 0 Å². The van der Waals surface area contributed by atoms with E-state index in [0.29, 0.717) is 25.3 Å². The zero-order valence-corrected chi connectivity index (χ0v) is 19.5. The molecule has 3 heterocycles. The SMILES string of the molecule is CC(=O)N1c2ccc(S(=O)(=O)N3CCC[C@@H](C(=O)N4CCC(C)CC4)C3)cc2C[C@H]1C. The van der Waals surface area contributed by atoms with Crippen LogP contribution in [0.15, 0.2) is 23.1 Å². The second-order valence-corrected chi connectivity index (χ2v) is 11.4. The van der Waals surface area contributed by atoms with Gasteiger partial charge in [-0.3, -0.25) is 9.59 Å². The molecule has 0 bridgehead atoms. The van der Waals surface area contributed by atoms with Crippen molar-refractivity contribution in [2.45, 2.75) is 63.8 Å². The highest BCUT2D eigenvalue weighted by Crippen LogP contribution is 2.35. The van der Waals surface area contributed by atoms with Crippen molar-refractivity contribution in [3.05, 3.63) is 23.8 Å². The van der Waals surface area contributed by atoms with E-state index >= 15 is 0 Å². The highest BCUT2D eigenvalue weighted by atomic mass is 32.2. The lowest BCUT2D eigenvalue weighted by Gasteiger charge is -2.37. The largest absolute Gasteiger partial charge is 0.342 e. The molecule has 3 aliphatic rings. The monoisotopic (exact) mass is 447 g/mol. The van der Waals surface area contributed by atoms with Gasteiger partial charge in [0.2, 0.25) is 21.8 Å². The zero-order valence-electron chi connectivity index (χ0n) is 18.7. The number of hydrogen-bond acceptors (Lipinski definition) is 4. The van der Waals surface area contributed by atoms with E-state index in [4.69, 9.17) is 0 Å². The summed E-state index contributed by atoms with van der Waals surface area (Å²) in [5, 5.41) is 0. The van der Waals surface area contributed by atoms with Gasteiger partial charge in [-0.25, -0.2) is 8.42 Å². The fourth-order valence-electron chi connectivity index (χ4n) is 5.25. The van der Waals surface area contributed by atoms with Crippen LogP contribution in [0, 0.1) is 11.8 Å². The van der Waals surface area contributed by atoms with E-state index in [9.17, 15) is 18.0 Å². The minimum atomic E-state index is -3.69. The van der Waals surface area contributed by atoms with E-state index in [1.807, 2.05) is 11.8 Å². The number of likely N-dealkylation sites (tertiary alicyclic amines) is 1. The van der Waals surface area contributed by atoms with Crippen molar-refractivity contribution in [2.24, 2.45) is 11.8 Å². The normalized spacial score (nSPS) is 25.5. The molecule has 4 rings (SSSR count). The first-order valence-electron chi connectivity index (χ1n) is 11.4. The van der Waals surface area contributed by atoms with Gasteiger partial charge in [0, 0.05) is 44.8 Å². The van der Waals surface area contributed by atoms with Crippen molar-refractivity contribution in [1.82, 2.24) is 9.21 Å². The molecule has 0 unspecified atom stereocenters. The molecule has 0 saturated carbocycles. The summed E-state index contributed by atoms with van der Waals surface area (Å²) in [6, 6.07) is 5.07. The molecule has 0 aromatic heterocycles. The van der Waals surface area contributed by atoms with Gasteiger partial charge in [-0.1, -0.05) is 6.92 Å². The number of hydrogen-bond donors (Lipinski definition) is 0. The van der Waals surface area contributed by atoms with Crippen molar-refractivity contribution in [2.75, 3.05) is 31.1 Å². The third-order valence-electron chi connectivity index (χ3n) is 7.07. The quantitative estimate of drug-likeness (QED) is 0.714. The van der Waals surface area contributed by atoms with Gasteiger partial charge in [0.15, 0.2) is 0 Å².